The van der Waals surface area contributed by atoms with Gasteiger partial charge in [-0.05, 0) is 60.7 Å². The number of carboxylic acid groups (broad SMARTS) is 1. The molecule has 8 N–H and O–H groups in total. The Morgan fingerprint density at radius 3 is 2.48 bits per heavy atom. The molecule has 0 saturated heterocycles. The molecule has 0 spiro atoms. The van der Waals surface area contributed by atoms with Crippen LogP contribution in [0.3, 0.4) is 0 Å². The number of benzene rings is 2. The van der Waals surface area contributed by atoms with Crippen LogP contribution in [0.5, 0.6) is 5.75 Å². The average molecular weight is 727 g/mol. The summed E-state index contributed by atoms with van der Waals surface area (Å²) in [6.07, 6.45) is 1.57. The van der Waals surface area contributed by atoms with Crippen molar-refractivity contribution in [1.29, 1.82) is 0 Å². The van der Waals surface area contributed by atoms with Gasteiger partial charge in [-0.2, -0.15) is 19.5 Å². The number of rotatable bonds is 14. The molecule has 0 fully saturated rings. The van der Waals surface area contributed by atoms with Gasteiger partial charge in [-0.1, -0.05) is 37.6 Å². The van der Waals surface area contributed by atoms with E-state index in [2.05, 4.69) is 35.4 Å². The number of furan rings is 1. The molecule has 3 heterocycles. The Hall–Kier alpha value is -5.95. The van der Waals surface area contributed by atoms with Gasteiger partial charge in [0.25, 0.3) is 21.7 Å². The van der Waals surface area contributed by atoms with Crippen LogP contribution >= 0.6 is 11.6 Å². The maximum absolute atomic E-state index is 13.2. The molecular weight excluding hydrogens is 696 g/mol. The number of fused-ring (bicyclic) bond motifs is 1. The van der Waals surface area contributed by atoms with Crippen molar-refractivity contribution in [1.82, 2.24) is 29.9 Å². The summed E-state index contributed by atoms with van der Waals surface area (Å²) in [6, 6.07) is 10.6. The Morgan fingerprint density at radius 2 is 1.84 bits per heavy atom. The number of ether oxygens (including phenoxy) is 1. The molecule has 20 heteroatoms. The third-order valence-corrected chi connectivity index (χ3v) is 8.74. The minimum Gasteiger partial charge on any atom is -0.480 e. The molecule has 50 heavy (non-hydrogen) atoms. The standard InChI is InChI=1S/C30H31ClN10O8S/c1-15(2)22(26(43)44)35-30(45)49-23-19(24(32)42)13-18(14-20(23)31)50(46,47)40-17-9-7-16(8-10-17)5-3-11-34-28-37-27(33)41-29(38-28)36-25(39-41)21-6-4-12-48-21/h4,6-10,12-15,22,40H,3,5,11H2,1-2H3,(H2,32,42)(H,35,45)(H,43,44)(H3,33,34,36,37,38,39)/t22-/m0/s1. The number of amides is 2. The molecule has 0 bridgehead atoms. The van der Waals surface area contributed by atoms with Crippen molar-refractivity contribution in [3.05, 3.63) is 70.9 Å². The zero-order chi connectivity index (χ0) is 36.2. The van der Waals surface area contributed by atoms with Crippen LogP contribution in [0, 0.1) is 5.92 Å². The maximum Gasteiger partial charge on any atom is 0.413 e. The van der Waals surface area contributed by atoms with Crippen LogP contribution in [0.4, 0.5) is 22.4 Å². The zero-order valence-electron chi connectivity index (χ0n) is 26.5. The topological polar surface area (TPSA) is 272 Å². The Balaban J connectivity index is 1.19. The van der Waals surface area contributed by atoms with Gasteiger partial charge in [-0.3, -0.25) is 9.52 Å². The molecule has 0 saturated carbocycles. The predicted molar refractivity (Wildman–Crippen MR) is 180 cm³/mol. The van der Waals surface area contributed by atoms with Crippen LogP contribution in [0.1, 0.15) is 36.2 Å². The summed E-state index contributed by atoms with van der Waals surface area (Å²) in [6.45, 7) is 3.62. The number of nitrogens with zero attached hydrogens (tertiary/aromatic N) is 5. The minimum absolute atomic E-state index is 0.0958. The van der Waals surface area contributed by atoms with E-state index in [4.69, 9.17) is 32.2 Å². The number of sulfonamides is 1. The normalized spacial score (nSPS) is 12.1. The van der Waals surface area contributed by atoms with Crippen LogP contribution in [0.2, 0.25) is 5.02 Å². The third-order valence-electron chi connectivity index (χ3n) is 7.10. The van der Waals surface area contributed by atoms with E-state index in [9.17, 15) is 27.9 Å². The first-order valence-electron chi connectivity index (χ1n) is 14.9. The molecule has 1 atom stereocenters. The third kappa shape index (κ3) is 8.18. The SMILES string of the molecule is CC(C)[C@H](NC(=O)Oc1c(Cl)cc(S(=O)(=O)Nc2ccc(CCCNc3nc(N)n4nc(-c5ccco5)nc4n3)cc2)cc1C(N)=O)C(=O)O. The number of halogens is 1. The number of carbonyl (C=O) groups excluding carboxylic acids is 2. The van der Waals surface area contributed by atoms with E-state index < -0.39 is 61.2 Å². The highest BCUT2D eigenvalue weighted by atomic mass is 35.5. The largest absolute Gasteiger partial charge is 0.480 e. The summed E-state index contributed by atoms with van der Waals surface area (Å²) in [5.74, 6) is -2.07. The maximum atomic E-state index is 13.2. The molecule has 262 valence electrons. The number of anilines is 3. The molecule has 5 aromatic rings. The molecule has 0 unspecified atom stereocenters. The summed E-state index contributed by atoms with van der Waals surface area (Å²) >= 11 is 6.22. The van der Waals surface area contributed by atoms with E-state index in [-0.39, 0.29) is 23.4 Å². The molecular formula is C30H31ClN10O8S. The lowest BCUT2D eigenvalue weighted by Crippen LogP contribution is -2.45. The number of nitrogen functional groups attached to an aromatic ring is 1. The monoisotopic (exact) mass is 726 g/mol. The van der Waals surface area contributed by atoms with Crippen molar-refractivity contribution < 1.29 is 37.1 Å². The summed E-state index contributed by atoms with van der Waals surface area (Å²) in [5.41, 5.74) is 12.1. The van der Waals surface area contributed by atoms with Crippen molar-refractivity contribution in [2.24, 2.45) is 11.7 Å². The van der Waals surface area contributed by atoms with Gasteiger partial charge in [0.15, 0.2) is 11.5 Å². The molecule has 5 rings (SSSR count). The minimum atomic E-state index is -4.30. The van der Waals surface area contributed by atoms with Crippen molar-refractivity contribution in [2.75, 3.05) is 22.3 Å². The van der Waals surface area contributed by atoms with E-state index in [1.54, 1.807) is 50.2 Å². The molecule has 0 aliphatic carbocycles. The summed E-state index contributed by atoms with van der Waals surface area (Å²) in [4.78, 5) is 48.4. The Morgan fingerprint density at radius 1 is 1.10 bits per heavy atom. The lowest BCUT2D eigenvalue weighted by Gasteiger charge is -2.19. The van der Waals surface area contributed by atoms with E-state index in [1.165, 1.54) is 10.8 Å². The lowest BCUT2D eigenvalue weighted by atomic mass is 10.1. The van der Waals surface area contributed by atoms with Crippen LogP contribution in [-0.4, -0.2) is 68.6 Å². The van der Waals surface area contributed by atoms with Gasteiger partial charge >= 0.3 is 12.1 Å². The second-order valence-electron chi connectivity index (χ2n) is 11.1. The highest BCUT2D eigenvalue weighted by Gasteiger charge is 2.28. The number of aliphatic carboxylic acids is 1. The Labute approximate surface area is 289 Å². The molecule has 0 aliphatic rings. The number of hydrogen-bond acceptors (Lipinski definition) is 13. The van der Waals surface area contributed by atoms with Gasteiger partial charge in [-0.15, -0.1) is 5.10 Å². The molecule has 2 amide bonds. The highest BCUT2D eigenvalue weighted by molar-refractivity contribution is 7.92. The number of nitrogens with two attached hydrogens (primary N) is 2. The van der Waals surface area contributed by atoms with Gasteiger partial charge in [0.2, 0.25) is 17.7 Å². The fourth-order valence-electron chi connectivity index (χ4n) is 4.61. The number of carboxylic acids is 1. The average Bonchev–Trinajstić information content (AvgIpc) is 3.74. The van der Waals surface area contributed by atoms with Gasteiger partial charge in [0.05, 0.1) is 21.7 Å². The van der Waals surface area contributed by atoms with Gasteiger partial charge in [-0.25, -0.2) is 18.0 Å². The van der Waals surface area contributed by atoms with Crippen LogP contribution in [0.15, 0.2) is 64.1 Å². The zero-order valence-corrected chi connectivity index (χ0v) is 28.0. The van der Waals surface area contributed by atoms with Gasteiger partial charge < -0.3 is 36.4 Å². The molecule has 18 nitrogen and oxygen atoms in total. The van der Waals surface area contributed by atoms with Crippen molar-refractivity contribution in [3.63, 3.8) is 0 Å². The highest BCUT2D eigenvalue weighted by Crippen LogP contribution is 2.33. The van der Waals surface area contributed by atoms with Crippen LogP contribution < -0.4 is 31.6 Å². The van der Waals surface area contributed by atoms with E-state index in [1.807, 2.05) is 0 Å². The number of carbonyl (C=O) groups is 3. The van der Waals surface area contributed by atoms with Gasteiger partial charge in [0, 0.05) is 12.2 Å². The van der Waals surface area contributed by atoms with Crippen molar-refractivity contribution >= 4 is 63.0 Å². The molecule has 3 aromatic heterocycles. The van der Waals surface area contributed by atoms with E-state index in [0.717, 1.165) is 17.7 Å². The van der Waals surface area contributed by atoms with E-state index >= 15 is 0 Å². The number of aromatic nitrogens is 5. The summed E-state index contributed by atoms with van der Waals surface area (Å²) in [5, 5.41) is 18.4. The number of hydrogen-bond donors (Lipinski definition) is 6. The number of primary amides is 1. The quantitative estimate of drug-likeness (QED) is 0.0898. The second kappa shape index (κ2) is 14.7. The predicted octanol–water partition coefficient (Wildman–Crippen LogP) is 3.16. The first-order valence-corrected chi connectivity index (χ1v) is 16.7. The molecule has 0 aliphatic heterocycles. The van der Waals surface area contributed by atoms with Gasteiger partial charge in [0.1, 0.15) is 6.04 Å². The van der Waals surface area contributed by atoms with Crippen molar-refractivity contribution in [2.45, 2.75) is 37.6 Å². The van der Waals surface area contributed by atoms with E-state index in [0.29, 0.717) is 31.0 Å². The molecule has 0 radical (unpaired) electrons. The first kappa shape index (κ1) is 35.4. The lowest BCUT2D eigenvalue weighted by molar-refractivity contribution is -0.140. The Bertz CT molecular complexity index is 2160. The summed E-state index contributed by atoms with van der Waals surface area (Å²) in [7, 11) is -4.30. The Kier molecular flexibility index (Phi) is 10.4. The van der Waals surface area contributed by atoms with Crippen LogP contribution in [-0.2, 0) is 21.2 Å². The second-order valence-corrected chi connectivity index (χ2v) is 13.2. The van der Waals surface area contributed by atoms with Crippen molar-refractivity contribution in [3.8, 4) is 17.3 Å². The fraction of sp³-hybridized carbons (Fsp3) is 0.233. The van der Waals surface area contributed by atoms with Crippen LogP contribution in [0.25, 0.3) is 17.4 Å². The molecule has 2 aromatic carbocycles. The fourth-order valence-corrected chi connectivity index (χ4v) is 6.05. The number of nitrogens with one attached hydrogen (secondary N) is 3. The smallest absolute Gasteiger partial charge is 0.413 e. The summed E-state index contributed by atoms with van der Waals surface area (Å²) < 4.78 is 40.5. The first-order chi connectivity index (χ1) is 23.7. The number of aryl methyl sites for hydroxylation is 1.